The van der Waals surface area contributed by atoms with Crippen LogP contribution >= 0.6 is 11.6 Å². The number of imidazole rings is 1. The maximum atomic E-state index is 12.7. The minimum atomic E-state index is -0.416. The van der Waals surface area contributed by atoms with Crippen LogP contribution in [0.25, 0.3) is 0 Å². The molecule has 3 aromatic rings. The average Bonchev–Trinajstić information content (AvgIpc) is 3.05. The summed E-state index contributed by atoms with van der Waals surface area (Å²) in [7, 11) is 1.87. The zero-order valence-corrected chi connectivity index (χ0v) is 16.7. The molecule has 0 spiro atoms. The highest BCUT2D eigenvalue weighted by Crippen LogP contribution is 2.22. The molecule has 0 fully saturated rings. The number of halogens is 1. The second-order valence-electron chi connectivity index (χ2n) is 6.66. The van der Waals surface area contributed by atoms with E-state index in [9.17, 15) is 9.59 Å². The van der Waals surface area contributed by atoms with Gasteiger partial charge < -0.3 is 14.9 Å². The van der Waals surface area contributed by atoms with E-state index in [-0.39, 0.29) is 17.9 Å². The summed E-state index contributed by atoms with van der Waals surface area (Å²) in [6, 6.07) is 6.86. The Bertz CT molecular complexity index is 1040. The lowest BCUT2D eigenvalue weighted by molar-refractivity contribution is -0.121. The number of hydrogen-bond acceptors (Lipinski definition) is 4. The topological polar surface area (TPSA) is 92.7 Å². The molecule has 0 radical (unpaired) electrons. The number of H-pyrrole nitrogens is 1. The van der Waals surface area contributed by atoms with Crippen LogP contribution < -0.4 is 10.9 Å². The summed E-state index contributed by atoms with van der Waals surface area (Å²) in [4.78, 5) is 36.1. The molecule has 1 amide bonds. The van der Waals surface area contributed by atoms with Crippen molar-refractivity contribution >= 4 is 17.5 Å². The first-order valence-corrected chi connectivity index (χ1v) is 9.31. The van der Waals surface area contributed by atoms with E-state index >= 15 is 0 Å². The maximum absolute atomic E-state index is 12.7. The van der Waals surface area contributed by atoms with Crippen LogP contribution in [0.1, 0.15) is 40.9 Å². The first kappa shape index (κ1) is 19.8. The number of rotatable bonds is 6. The van der Waals surface area contributed by atoms with E-state index in [0.29, 0.717) is 34.3 Å². The van der Waals surface area contributed by atoms with E-state index in [1.165, 1.54) is 0 Å². The number of carbonyl (C=O) groups is 1. The molecular weight excluding hydrogens is 378 g/mol. The van der Waals surface area contributed by atoms with Crippen LogP contribution in [0.3, 0.4) is 0 Å². The SMILES string of the molecule is Cc1nc(C)c(CCC(=O)NC(c2ccc(Cl)cc2)c2nccn2C)c(=O)[nH]1. The Labute approximate surface area is 167 Å². The van der Waals surface area contributed by atoms with Crippen LogP contribution in [0, 0.1) is 13.8 Å². The molecule has 8 heteroatoms. The molecule has 1 atom stereocenters. The minimum absolute atomic E-state index is 0.170. The lowest BCUT2D eigenvalue weighted by Gasteiger charge is -2.19. The molecule has 0 bridgehead atoms. The summed E-state index contributed by atoms with van der Waals surface area (Å²) < 4.78 is 1.86. The number of aromatic nitrogens is 4. The smallest absolute Gasteiger partial charge is 0.254 e. The number of hydrogen-bond donors (Lipinski definition) is 2. The van der Waals surface area contributed by atoms with Gasteiger partial charge in [0.2, 0.25) is 5.91 Å². The molecule has 3 rings (SSSR count). The van der Waals surface area contributed by atoms with Gasteiger partial charge in [0.1, 0.15) is 17.7 Å². The number of amides is 1. The van der Waals surface area contributed by atoms with Crippen molar-refractivity contribution in [3.63, 3.8) is 0 Å². The Morgan fingerprint density at radius 2 is 2.00 bits per heavy atom. The van der Waals surface area contributed by atoms with E-state index in [0.717, 1.165) is 5.56 Å². The molecule has 28 heavy (non-hydrogen) atoms. The molecule has 0 aliphatic rings. The van der Waals surface area contributed by atoms with Crippen LogP contribution in [-0.2, 0) is 18.3 Å². The average molecular weight is 400 g/mol. The van der Waals surface area contributed by atoms with Crippen molar-refractivity contribution in [3.8, 4) is 0 Å². The largest absolute Gasteiger partial charge is 0.342 e. The lowest BCUT2D eigenvalue weighted by atomic mass is 10.0. The predicted octanol–water partition coefficient (Wildman–Crippen LogP) is 2.61. The number of aromatic amines is 1. The van der Waals surface area contributed by atoms with E-state index in [4.69, 9.17) is 11.6 Å². The van der Waals surface area contributed by atoms with Crippen LogP contribution in [0.2, 0.25) is 5.02 Å². The first-order valence-electron chi connectivity index (χ1n) is 8.93. The summed E-state index contributed by atoms with van der Waals surface area (Å²) in [6.45, 7) is 3.51. The van der Waals surface area contributed by atoms with Crippen molar-refractivity contribution in [1.29, 1.82) is 0 Å². The Hall–Kier alpha value is -2.93. The van der Waals surface area contributed by atoms with Gasteiger partial charge in [-0.15, -0.1) is 0 Å². The Kier molecular flexibility index (Phi) is 5.94. The maximum Gasteiger partial charge on any atom is 0.254 e. The van der Waals surface area contributed by atoms with E-state index < -0.39 is 6.04 Å². The normalized spacial score (nSPS) is 12.0. The molecule has 0 aliphatic heterocycles. The molecule has 7 nitrogen and oxygen atoms in total. The predicted molar refractivity (Wildman–Crippen MR) is 107 cm³/mol. The third-order valence-corrected chi connectivity index (χ3v) is 4.82. The van der Waals surface area contributed by atoms with Crippen molar-refractivity contribution in [2.45, 2.75) is 32.7 Å². The summed E-state index contributed by atoms with van der Waals surface area (Å²) in [6.07, 6.45) is 3.99. The molecule has 2 aromatic heterocycles. The van der Waals surface area contributed by atoms with Gasteiger partial charge in [-0.25, -0.2) is 9.97 Å². The van der Waals surface area contributed by atoms with E-state index in [1.54, 1.807) is 32.2 Å². The monoisotopic (exact) mass is 399 g/mol. The van der Waals surface area contributed by atoms with Crippen LogP contribution in [-0.4, -0.2) is 25.4 Å². The quantitative estimate of drug-likeness (QED) is 0.666. The van der Waals surface area contributed by atoms with Crippen LogP contribution in [0.5, 0.6) is 0 Å². The Morgan fingerprint density at radius 3 is 2.61 bits per heavy atom. The van der Waals surface area contributed by atoms with Gasteiger partial charge in [-0.2, -0.15) is 0 Å². The van der Waals surface area contributed by atoms with Crippen LogP contribution in [0.4, 0.5) is 0 Å². The van der Waals surface area contributed by atoms with Crippen LogP contribution in [0.15, 0.2) is 41.5 Å². The Morgan fingerprint density at radius 1 is 1.29 bits per heavy atom. The molecule has 1 aromatic carbocycles. The molecule has 146 valence electrons. The molecular formula is C20H22ClN5O2. The van der Waals surface area contributed by atoms with Crippen molar-refractivity contribution in [2.24, 2.45) is 7.05 Å². The highest BCUT2D eigenvalue weighted by atomic mass is 35.5. The standard InChI is InChI=1S/C20H22ClN5O2/c1-12-16(20(28)24-13(2)23-12)8-9-17(27)25-18(19-22-10-11-26(19)3)14-4-6-15(21)7-5-14/h4-7,10-11,18H,8-9H2,1-3H3,(H,25,27)(H,23,24,28). The molecule has 0 saturated carbocycles. The van der Waals surface area contributed by atoms with Gasteiger partial charge in [0.15, 0.2) is 0 Å². The van der Waals surface area contributed by atoms with Crippen molar-refractivity contribution < 1.29 is 4.79 Å². The van der Waals surface area contributed by atoms with E-state index in [2.05, 4.69) is 20.3 Å². The number of benzene rings is 1. The summed E-state index contributed by atoms with van der Waals surface area (Å²) in [5.41, 5.74) is 1.85. The van der Waals surface area contributed by atoms with Gasteiger partial charge in [0.05, 0.1) is 0 Å². The third-order valence-electron chi connectivity index (χ3n) is 4.57. The fraction of sp³-hybridized carbons (Fsp3) is 0.300. The molecule has 2 N–H and O–H groups in total. The molecule has 0 saturated heterocycles. The fourth-order valence-electron chi connectivity index (χ4n) is 3.12. The van der Waals surface area contributed by atoms with Gasteiger partial charge >= 0.3 is 0 Å². The van der Waals surface area contributed by atoms with Gasteiger partial charge in [-0.3, -0.25) is 9.59 Å². The summed E-state index contributed by atoms with van der Waals surface area (Å²) in [5.74, 6) is 1.09. The molecule has 1 unspecified atom stereocenters. The summed E-state index contributed by atoms with van der Waals surface area (Å²) in [5, 5.41) is 3.64. The number of aryl methyl sites for hydroxylation is 3. The van der Waals surface area contributed by atoms with Crippen molar-refractivity contribution in [2.75, 3.05) is 0 Å². The van der Waals surface area contributed by atoms with E-state index in [1.807, 2.05) is 29.9 Å². The first-order chi connectivity index (χ1) is 13.3. The third kappa shape index (κ3) is 4.48. The highest BCUT2D eigenvalue weighted by molar-refractivity contribution is 6.30. The lowest BCUT2D eigenvalue weighted by Crippen LogP contribution is -2.31. The number of carbonyl (C=O) groups excluding carboxylic acids is 1. The zero-order valence-electron chi connectivity index (χ0n) is 16.0. The second-order valence-corrected chi connectivity index (χ2v) is 7.10. The Balaban J connectivity index is 1.78. The number of nitrogens with zero attached hydrogens (tertiary/aromatic N) is 3. The number of nitrogens with one attached hydrogen (secondary N) is 2. The second kappa shape index (κ2) is 8.39. The molecule has 0 aliphatic carbocycles. The van der Waals surface area contributed by atoms with Gasteiger partial charge in [-0.05, 0) is 38.0 Å². The van der Waals surface area contributed by atoms with Gasteiger partial charge in [0, 0.05) is 42.1 Å². The molecule has 2 heterocycles. The zero-order chi connectivity index (χ0) is 20.3. The fourth-order valence-corrected chi connectivity index (χ4v) is 3.25. The minimum Gasteiger partial charge on any atom is -0.342 e. The summed E-state index contributed by atoms with van der Waals surface area (Å²) >= 11 is 5.99. The van der Waals surface area contributed by atoms with Crippen molar-refractivity contribution in [3.05, 3.63) is 80.5 Å². The van der Waals surface area contributed by atoms with Gasteiger partial charge in [0.25, 0.3) is 5.56 Å². The van der Waals surface area contributed by atoms with Crippen molar-refractivity contribution in [1.82, 2.24) is 24.8 Å². The van der Waals surface area contributed by atoms with Gasteiger partial charge in [-0.1, -0.05) is 23.7 Å². The highest BCUT2D eigenvalue weighted by Gasteiger charge is 2.21.